The van der Waals surface area contributed by atoms with E-state index in [1.165, 1.54) is 28.9 Å². The Morgan fingerprint density at radius 1 is 1.12 bits per heavy atom. The quantitative estimate of drug-likeness (QED) is 0.735. The highest BCUT2D eigenvalue weighted by atomic mass is 32.1. The maximum Gasteiger partial charge on any atom is 0.160 e. The lowest BCUT2D eigenvalue weighted by molar-refractivity contribution is 0.112. The summed E-state index contributed by atoms with van der Waals surface area (Å²) in [6.45, 7) is 4.34. The number of anilines is 1. The molecule has 0 aliphatic carbocycles. The number of hydrogen-bond acceptors (Lipinski definition) is 3. The molecule has 90 valence electrons. The highest BCUT2D eigenvalue weighted by Crippen LogP contribution is 2.32. The monoisotopic (exact) mass is 239 g/mol. The molecule has 0 atom stereocenters. The molecule has 1 heterocycles. The number of rotatable bonds is 7. The first-order valence-corrected chi connectivity index (χ1v) is 6.91. The minimum absolute atomic E-state index is 0.844. The van der Waals surface area contributed by atoms with Crippen molar-refractivity contribution >= 4 is 22.6 Å². The van der Waals surface area contributed by atoms with Crippen LogP contribution in [0.2, 0.25) is 0 Å². The standard InChI is InChI=1S/C13H21NOS/c1-3-5-7-10-11(8-6-4-2)13(14)16-12(10)9-15/h9H,3-8,14H2,1-2H3. The Hall–Kier alpha value is -0.830. The highest BCUT2D eigenvalue weighted by molar-refractivity contribution is 7.17. The average molecular weight is 239 g/mol. The smallest absolute Gasteiger partial charge is 0.160 e. The van der Waals surface area contributed by atoms with E-state index in [-0.39, 0.29) is 0 Å². The predicted molar refractivity (Wildman–Crippen MR) is 71.3 cm³/mol. The second kappa shape index (κ2) is 6.69. The number of aldehydes is 1. The first kappa shape index (κ1) is 13.2. The van der Waals surface area contributed by atoms with E-state index in [4.69, 9.17) is 5.73 Å². The summed E-state index contributed by atoms with van der Waals surface area (Å²) in [6.07, 6.45) is 7.58. The zero-order valence-corrected chi connectivity index (χ0v) is 11.0. The molecule has 3 heteroatoms. The molecule has 0 fully saturated rings. The fourth-order valence-electron chi connectivity index (χ4n) is 1.89. The van der Waals surface area contributed by atoms with Gasteiger partial charge in [0.1, 0.15) is 0 Å². The SMILES string of the molecule is CCCCc1c(N)sc(C=O)c1CCCC. The van der Waals surface area contributed by atoms with Crippen molar-refractivity contribution in [2.24, 2.45) is 0 Å². The van der Waals surface area contributed by atoms with E-state index in [1.807, 2.05) is 0 Å². The number of nitrogen functional groups attached to an aromatic ring is 1. The van der Waals surface area contributed by atoms with Crippen molar-refractivity contribution in [3.63, 3.8) is 0 Å². The van der Waals surface area contributed by atoms with Crippen LogP contribution in [0.3, 0.4) is 0 Å². The first-order valence-electron chi connectivity index (χ1n) is 6.09. The van der Waals surface area contributed by atoms with Crippen LogP contribution in [0.4, 0.5) is 5.00 Å². The topological polar surface area (TPSA) is 43.1 Å². The van der Waals surface area contributed by atoms with Gasteiger partial charge in [0.25, 0.3) is 0 Å². The molecule has 1 rings (SSSR count). The Bertz CT molecular complexity index is 344. The Balaban J connectivity index is 2.92. The Morgan fingerprint density at radius 3 is 2.19 bits per heavy atom. The summed E-state index contributed by atoms with van der Waals surface area (Å²) in [5.74, 6) is 0. The summed E-state index contributed by atoms with van der Waals surface area (Å²) < 4.78 is 0. The van der Waals surface area contributed by atoms with Gasteiger partial charge in [0.15, 0.2) is 6.29 Å². The molecule has 0 spiro atoms. The summed E-state index contributed by atoms with van der Waals surface area (Å²) in [7, 11) is 0. The van der Waals surface area contributed by atoms with Gasteiger partial charge in [-0.15, -0.1) is 11.3 Å². The van der Waals surface area contributed by atoms with Crippen LogP contribution in [0, 0.1) is 0 Å². The summed E-state index contributed by atoms with van der Waals surface area (Å²) in [4.78, 5) is 11.8. The number of nitrogens with two attached hydrogens (primary N) is 1. The number of carbonyl (C=O) groups excluding carboxylic acids is 1. The van der Waals surface area contributed by atoms with Gasteiger partial charge in [0, 0.05) is 0 Å². The van der Waals surface area contributed by atoms with Crippen molar-refractivity contribution in [3.05, 3.63) is 16.0 Å². The summed E-state index contributed by atoms with van der Waals surface area (Å²) in [5, 5.41) is 0.849. The fraction of sp³-hybridized carbons (Fsp3) is 0.615. The average Bonchev–Trinajstić information content (AvgIpc) is 2.60. The maximum atomic E-state index is 11.0. The molecular weight excluding hydrogens is 218 g/mol. The van der Waals surface area contributed by atoms with Crippen LogP contribution in [0.1, 0.15) is 60.3 Å². The maximum absolute atomic E-state index is 11.0. The summed E-state index contributed by atoms with van der Waals surface area (Å²) in [6, 6.07) is 0. The van der Waals surface area contributed by atoms with Gasteiger partial charge in [0.05, 0.1) is 9.88 Å². The molecule has 0 saturated heterocycles. The molecule has 0 aliphatic heterocycles. The van der Waals surface area contributed by atoms with Crippen molar-refractivity contribution in [1.29, 1.82) is 0 Å². The second-order valence-electron chi connectivity index (χ2n) is 4.11. The van der Waals surface area contributed by atoms with E-state index in [9.17, 15) is 4.79 Å². The van der Waals surface area contributed by atoms with Gasteiger partial charge in [-0.2, -0.15) is 0 Å². The number of thiophene rings is 1. The minimum Gasteiger partial charge on any atom is -0.390 e. The zero-order chi connectivity index (χ0) is 12.0. The molecule has 0 bridgehead atoms. The van der Waals surface area contributed by atoms with E-state index < -0.39 is 0 Å². The van der Waals surface area contributed by atoms with E-state index >= 15 is 0 Å². The molecule has 1 aromatic rings. The van der Waals surface area contributed by atoms with Crippen LogP contribution < -0.4 is 5.73 Å². The third kappa shape index (κ3) is 3.08. The van der Waals surface area contributed by atoms with Crippen LogP contribution in [0.25, 0.3) is 0 Å². The molecule has 2 N–H and O–H groups in total. The van der Waals surface area contributed by atoms with Crippen LogP contribution in [-0.4, -0.2) is 6.29 Å². The lowest BCUT2D eigenvalue weighted by Gasteiger charge is -2.05. The number of unbranched alkanes of at least 4 members (excludes halogenated alkanes) is 2. The Labute approximate surface area is 102 Å². The molecule has 2 nitrogen and oxygen atoms in total. The second-order valence-corrected chi connectivity index (χ2v) is 5.20. The van der Waals surface area contributed by atoms with Crippen molar-refractivity contribution in [3.8, 4) is 0 Å². The highest BCUT2D eigenvalue weighted by Gasteiger charge is 2.14. The molecule has 0 saturated carbocycles. The van der Waals surface area contributed by atoms with E-state index in [2.05, 4.69) is 13.8 Å². The lowest BCUT2D eigenvalue weighted by Crippen LogP contribution is -1.96. The predicted octanol–water partition coefficient (Wildman–Crippen LogP) is 3.83. The molecular formula is C13H21NOS. The number of hydrogen-bond donors (Lipinski definition) is 1. The summed E-state index contributed by atoms with van der Waals surface area (Å²) >= 11 is 1.45. The number of carbonyl (C=O) groups is 1. The van der Waals surface area contributed by atoms with Crippen molar-refractivity contribution in [2.75, 3.05) is 5.73 Å². The Morgan fingerprint density at radius 2 is 1.69 bits per heavy atom. The van der Waals surface area contributed by atoms with Crippen LogP contribution in [0.15, 0.2) is 0 Å². The van der Waals surface area contributed by atoms with Crippen molar-refractivity contribution < 1.29 is 4.79 Å². The van der Waals surface area contributed by atoms with Crippen molar-refractivity contribution in [2.45, 2.75) is 52.4 Å². The zero-order valence-electron chi connectivity index (χ0n) is 10.2. The van der Waals surface area contributed by atoms with Crippen LogP contribution in [-0.2, 0) is 12.8 Å². The fourth-order valence-corrected chi connectivity index (χ4v) is 2.87. The van der Waals surface area contributed by atoms with Crippen LogP contribution >= 0.6 is 11.3 Å². The first-order chi connectivity index (χ1) is 7.74. The van der Waals surface area contributed by atoms with Gasteiger partial charge in [-0.3, -0.25) is 4.79 Å². The third-order valence-electron chi connectivity index (χ3n) is 2.85. The molecule has 0 aliphatic rings. The molecule has 0 radical (unpaired) electrons. The van der Waals surface area contributed by atoms with Crippen LogP contribution in [0.5, 0.6) is 0 Å². The van der Waals surface area contributed by atoms with Gasteiger partial charge in [-0.05, 0) is 36.8 Å². The summed E-state index contributed by atoms with van der Waals surface area (Å²) in [5.41, 5.74) is 8.44. The van der Waals surface area contributed by atoms with E-state index in [0.29, 0.717) is 0 Å². The van der Waals surface area contributed by atoms with Crippen molar-refractivity contribution in [1.82, 2.24) is 0 Å². The molecule has 0 aromatic carbocycles. The largest absolute Gasteiger partial charge is 0.390 e. The molecule has 16 heavy (non-hydrogen) atoms. The van der Waals surface area contributed by atoms with Gasteiger partial charge in [-0.1, -0.05) is 26.7 Å². The Kier molecular flexibility index (Phi) is 5.53. The van der Waals surface area contributed by atoms with Gasteiger partial charge >= 0.3 is 0 Å². The van der Waals surface area contributed by atoms with Gasteiger partial charge < -0.3 is 5.73 Å². The van der Waals surface area contributed by atoms with Gasteiger partial charge in [-0.25, -0.2) is 0 Å². The third-order valence-corrected chi connectivity index (χ3v) is 3.88. The van der Waals surface area contributed by atoms with Gasteiger partial charge in [0.2, 0.25) is 0 Å². The van der Waals surface area contributed by atoms with E-state index in [1.54, 1.807) is 0 Å². The molecule has 0 unspecified atom stereocenters. The van der Waals surface area contributed by atoms with E-state index in [0.717, 1.165) is 48.3 Å². The lowest BCUT2D eigenvalue weighted by atomic mass is 10.00. The molecule has 0 amide bonds. The normalized spacial score (nSPS) is 10.6. The minimum atomic E-state index is 0.844. The molecule has 1 aromatic heterocycles.